The Labute approximate surface area is 100 Å². The van der Waals surface area contributed by atoms with Crippen LogP contribution < -0.4 is 0 Å². The van der Waals surface area contributed by atoms with Crippen LogP contribution in [-0.2, 0) is 14.4 Å². The molecule has 0 aromatic heterocycles. The van der Waals surface area contributed by atoms with Gasteiger partial charge >= 0.3 is 5.97 Å². The molecule has 92 valence electrons. The van der Waals surface area contributed by atoms with Crippen molar-refractivity contribution in [1.29, 1.82) is 0 Å². The standard InChI is InChI=1S/C13H16O4/c14-11(9-12(15)13(16)17)8-10-6-4-2-1-3-5-7-10/h1-2,7H,3-6,8-9H2,(H,16,17). The number of carbonyl (C=O) groups is 3. The molecule has 0 radical (unpaired) electrons. The molecule has 1 rings (SSSR count). The number of hydrogen-bond acceptors (Lipinski definition) is 3. The van der Waals surface area contributed by atoms with Crippen molar-refractivity contribution in [3.05, 3.63) is 23.8 Å². The lowest BCUT2D eigenvalue weighted by Crippen LogP contribution is -2.17. The normalized spacial score (nSPS) is 15.6. The van der Waals surface area contributed by atoms with Crippen LogP contribution in [0.3, 0.4) is 0 Å². The summed E-state index contributed by atoms with van der Waals surface area (Å²) in [6.45, 7) is 0. The lowest BCUT2D eigenvalue weighted by atomic mass is 9.98. The molecule has 1 aliphatic carbocycles. The second kappa shape index (κ2) is 6.78. The molecule has 0 aromatic carbocycles. The fraction of sp³-hybridized carbons (Fsp3) is 0.462. The molecule has 4 heteroatoms. The van der Waals surface area contributed by atoms with Gasteiger partial charge in [0, 0.05) is 6.42 Å². The number of rotatable bonds is 5. The van der Waals surface area contributed by atoms with E-state index in [1.54, 1.807) is 0 Å². The van der Waals surface area contributed by atoms with E-state index in [0.717, 1.165) is 31.3 Å². The Kier molecular flexibility index (Phi) is 5.33. The maximum atomic E-state index is 11.5. The number of carboxylic acids is 1. The van der Waals surface area contributed by atoms with Crippen molar-refractivity contribution in [2.45, 2.75) is 38.5 Å². The monoisotopic (exact) mass is 236 g/mol. The highest BCUT2D eigenvalue weighted by molar-refractivity contribution is 6.36. The Hall–Kier alpha value is -1.71. The van der Waals surface area contributed by atoms with Crippen LogP contribution in [0.2, 0.25) is 0 Å². The highest BCUT2D eigenvalue weighted by atomic mass is 16.4. The average molecular weight is 236 g/mol. The molecule has 1 N–H and O–H groups in total. The first-order valence-electron chi connectivity index (χ1n) is 5.70. The van der Waals surface area contributed by atoms with Gasteiger partial charge in [-0.1, -0.05) is 23.8 Å². The topological polar surface area (TPSA) is 71.4 Å². The summed E-state index contributed by atoms with van der Waals surface area (Å²) in [5.41, 5.74) is 1.01. The van der Waals surface area contributed by atoms with Crippen molar-refractivity contribution in [1.82, 2.24) is 0 Å². The number of aliphatic carboxylic acids is 1. The van der Waals surface area contributed by atoms with Gasteiger partial charge in [-0.15, -0.1) is 0 Å². The lowest BCUT2D eigenvalue weighted by molar-refractivity contribution is -0.150. The Balaban J connectivity index is 2.44. The van der Waals surface area contributed by atoms with Gasteiger partial charge in [0.05, 0.1) is 6.42 Å². The molecule has 0 aliphatic heterocycles. The van der Waals surface area contributed by atoms with E-state index in [9.17, 15) is 14.4 Å². The minimum atomic E-state index is -1.53. The molecule has 0 saturated carbocycles. The van der Waals surface area contributed by atoms with Crippen molar-refractivity contribution >= 4 is 17.5 Å². The Morgan fingerprint density at radius 3 is 2.53 bits per heavy atom. The van der Waals surface area contributed by atoms with E-state index in [2.05, 4.69) is 12.2 Å². The molecule has 0 saturated heterocycles. The Morgan fingerprint density at radius 1 is 1.12 bits per heavy atom. The van der Waals surface area contributed by atoms with Gasteiger partial charge in [-0.2, -0.15) is 0 Å². The zero-order valence-electron chi connectivity index (χ0n) is 9.65. The number of Topliss-reactive ketones (excluding diaryl/α,β-unsaturated/α-hetero) is 2. The SMILES string of the molecule is O=C(CC(=O)C(=O)O)CC1=CCCC=CCC1. The summed E-state index contributed by atoms with van der Waals surface area (Å²) in [5, 5.41) is 8.39. The van der Waals surface area contributed by atoms with Gasteiger partial charge in [-0.25, -0.2) is 4.79 Å². The van der Waals surface area contributed by atoms with Gasteiger partial charge in [0.1, 0.15) is 5.78 Å². The first-order valence-corrected chi connectivity index (χ1v) is 5.70. The minimum Gasteiger partial charge on any atom is -0.475 e. The number of carboxylic acid groups (broad SMARTS) is 1. The molecule has 17 heavy (non-hydrogen) atoms. The average Bonchev–Trinajstić information content (AvgIpc) is 2.21. The zero-order valence-corrected chi connectivity index (χ0v) is 9.65. The second-order valence-corrected chi connectivity index (χ2v) is 4.07. The van der Waals surface area contributed by atoms with Gasteiger partial charge in [0.15, 0.2) is 0 Å². The summed E-state index contributed by atoms with van der Waals surface area (Å²) in [5.74, 6) is -2.87. The molecule has 0 heterocycles. The summed E-state index contributed by atoms with van der Waals surface area (Å²) in [6.07, 6.45) is 9.48. The smallest absolute Gasteiger partial charge is 0.372 e. The van der Waals surface area contributed by atoms with Crippen LogP contribution in [0.5, 0.6) is 0 Å². The molecule has 0 atom stereocenters. The molecule has 0 spiro atoms. The molecule has 4 nitrogen and oxygen atoms in total. The molecule has 0 amide bonds. The Bertz CT molecular complexity index is 377. The zero-order chi connectivity index (χ0) is 12.7. The van der Waals surface area contributed by atoms with Crippen LogP contribution in [0, 0.1) is 0 Å². The molecule has 0 fully saturated rings. The van der Waals surface area contributed by atoms with Crippen molar-refractivity contribution in [2.24, 2.45) is 0 Å². The molecular weight excluding hydrogens is 220 g/mol. The van der Waals surface area contributed by atoms with Gasteiger partial charge in [0.25, 0.3) is 0 Å². The van der Waals surface area contributed by atoms with Gasteiger partial charge in [-0.3, -0.25) is 9.59 Å². The number of carbonyl (C=O) groups excluding carboxylic acids is 2. The molecule has 0 bridgehead atoms. The summed E-state index contributed by atoms with van der Waals surface area (Å²) in [7, 11) is 0. The van der Waals surface area contributed by atoms with E-state index < -0.39 is 18.2 Å². The molecule has 0 aromatic rings. The van der Waals surface area contributed by atoms with E-state index in [1.165, 1.54) is 0 Å². The molecular formula is C13H16O4. The highest BCUT2D eigenvalue weighted by Gasteiger charge is 2.17. The molecule has 1 aliphatic rings. The third kappa shape index (κ3) is 5.24. The van der Waals surface area contributed by atoms with Crippen LogP contribution >= 0.6 is 0 Å². The van der Waals surface area contributed by atoms with Crippen LogP contribution in [-0.4, -0.2) is 22.6 Å². The number of hydrogen-bond donors (Lipinski definition) is 1. The van der Waals surface area contributed by atoms with Crippen molar-refractivity contribution < 1.29 is 19.5 Å². The third-order valence-electron chi connectivity index (χ3n) is 2.59. The predicted octanol–water partition coefficient (Wildman–Crippen LogP) is 2.05. The Morgan fingerprint density at radius 2 is 1.82 bits per heavy atom. The van der Waals surface area contributed by atoms with Crippen LogP contribution in [0.4, 0.5) is 0 Å². The van der Waals surface area contributed by atoms with Gasteiger partial charge in [-0.05, 0) is 25.7 Å². The van der Waals surface area contributed by atoms with E-state index in [-0.39, 0.29) is 12.2 Å². The quantitative estimate of drug-likeness (QED) is 0.450. The van der Waals surface area contributed by atoms with Crippen molar-refractivity contribution in [3.8, 4) is 0 Å². The largest absolute Gasteiger partial charge is 0.475 e. The fourth-order valence-electron chi connectivity index (χ4n) is 1.72. The van der Waals surface area contributed by atoms with Crippen LogP contribution in [0.1, 0.15) is 38.5 Å². The maximum absolute atomic E-state index is 11.5. The first-order chi connectivity index (χ1) is 8.09. The number of ketones is 2. The van der Waals surface area contributed by atoms with Gasteiger partial charge < -0.3 is 5.11 Å². The summed E-state index contributed by atoms with van der Waals surface area (Å²) >= 11 is 0. The van der Waals surface area contributed by atoms with Gasteiger partial charge in [0.2, 0.25) is 5.78 Å². The first kappa shape index (κ1) is 13.4. The van der Waals surface area contributed by atoms with Crippen molar-refractivity contribution in [3.63, 3.8) is 0 Å². The fourth-order valence-corrected chi connectivity index (χ4v) is 1.72. The predicted molar refractivity (Wildman–Crippen MR) is 62.6 cm³/mol. The highest BCUT2D eigenvalue weighted by Crippen LogP contribution is 2.16. The van der Waals surface area contributed by atoms with E-state index >= 15 is 0 Å². The van der Waals surface area contributed by atoms with Crippen LogP contribution in [0.25, 0.3) is 0 Å². The van der Waals surface area contributed by atoms with E-state index in [4.69, 9.17) is 5.11 Å². The van der Waals surface area contributed by atoms with E-state index in [0.29, 0.717) is 0 Å². The number of allylic oxidation sites excluding steroid dienone is 4. The lowest BCUT2D eigenvalue weighted by Gasteiger charge is -2.07. The third-order valence-corrected chi connectivity index (χ3v) is 2.59. The maximum Gasteiger partial charge on any atom is 0.372 e. The second-order valence-electron chi connectivity index (χ2n) is 4.07. The molecule has 0 unspecified atom stereocenters. The van der Waals surface area contributed by atoms with E-state index in [1.807, 2.05) is 6.08 Å². The summed E-state index contributed by atoms with van der Waals surface area (Å²) in [6, 6.07) is 0. The summed E-state index contributed by atoms with van der Waals surface area (Å²) in [4.78, 5) is 32.7. The minimum absolute atomic E-state index is 0.201. The van der Waals surface area contributed by atoms with Crippen LogP contribution in [0.15, 0.2) is 23.8 Å². The summed E-state index contributed by atoms with van der Waals surface area (Å²) < 4.78 is 0. The van der Waals surface area contributed by atoms with Crippen molar-refractivity contribution in [2.75, 3.05) is 0 Å².